The predicted octanol–water partition coefficient (Wildman–Crippen LogP) is 4.37. The minimum absolute atomic E-state index is 0.0244. The number of hydrogen-bond donors (Lipinski definition) is 2. The summed E-state index contributed by atoms with van der Waals surface area (Å²) in [6, 6.07) is 3.19. The fourth-order valence-electron chi connectivity index (χ4n) is 3.79. The summed E-state index contributed by atoms with van der Waals surface area (Å²) >= 11 is 0. The summed E-state index contributed by atoms with van der Waals surface area (Å²) in [6.07, 6.45) is -4.19. The number of nitrogens with zero attached hydrogens (tertiary/aromatic N) is 1. The van der Waals surface area contributed by atoms with Crippen LogP contribution in [-0.4, -0.2) is 40.3 Å². The van der Waals surface area contributed by atoms with Crippen molar-refractivity contribution in [2.75, 3.05) is 29.5 Å². The Labute approximate surface area is 217 Å². The van der Waals surface area contributed by atoms with E-state index in [2.05, 4.69) is 17.2 Å². The number of nitrogens with one attached hydrogen (secondary N) is 2. The zero-order valence-corrected chi connectivity index (χ0v) is 21.9. The van der Waals surface area contributed by atoms with Gasteiger partial charge in [-0.05, 0) is 29.7 Å². The molecule has 204 valence electrons. The molecule has 8 nitrogen and oxygen atoms in total. The van der Waals surface area contributed by atoms with Crippen LogP contribution >= 0.6 is 0 Å². The minimum atomic E-state index is -4.90. The highest BCUT2D eigenvalue weighted by molar-refractivity contribution is 7.92. The Bertz CT molecular complexity index is 1470. The van der Waals surface area contributed by atoms with Crippen LogP contribution in [0, 0.1) is 17.7 Å². The molecule has 0 saturated carbocycles. The summed E-state index contributed by atoms with van der Waals surface area (Å²) in [5.74, 6) is 3.19. The number of amides is 3. The molecule has 0 aromatic heterocycles. The molecule has 0 spiro atoms. The fourth-order valence-corrected chi connectivity index (χ4v) is 4.35. The van der Waals surface area contributed by atoms with Gasteiger partial charge in [-0.3, -0.25) is 19.7 Å². The molecule has 1 aliphatic rings. The van der Waals surface area contributed by atoms with Crippen molar-refractivity contribution in [3.8, 4) is 17.6 Å². The standard InChI is InChI=1S/C25H25F4N3O5S/c1-24(2,3)18-13-19(32-11-10-20(33)30-23(32)34)21(26)16(22(18)37-4)9-7-14-6-8-15(31-38(5,35)36)12-17(14)25(27,28)29/h6,8,12-13,31H,10-11H2,1-5H3,(H,30,33,34). The van der Waals surface area contributed by atoms with E-state index in [1.165, 1.54) is 13.2 Å². The van der Waals surface area contributed by atoms with E-state index >= 15 is 4.39 Å². The number of carbonyl (C=O) groups excluding carboxylic acids is 2. The van der Waals surface area contributed by atoms with Crippen molar-refractivity contribution in [1.29, 1.82) is 0 Å². The Balaban J connectivity index is 2.25. The highest BCUT2D eigenvalue weighted by atomic mass is 32.2. The molecule has 2 aromatic carbocycles. The molecule has 0 unspecified atom stereocenters. The molecule has 2 aromatic rings. The van der Waals surface area contributed by atoms with Gasteiger partial charge in [0.25, 0.3) is 0 Å². The predicted molar refractivity (Wildman–Crippen MR) is 133 cm³/mol. The van der Waals surface area contributed by atoms with Gasteiger partial charge in [0.1, 0.15) is 11.3 Å². The maximum atomic E-state index is 15.8. The molecule has 0 atom stereocenters. The summed E-state index contributed by atoms with van der Waals surface area (Å²) in [4.78, 5) is 25.0. The number of methoxy groups -OCH3 is 1. The second-order valence-electron chi connectivity index (χ2n) is 9.55. The number of rotatable bonds is 4. The van der Waals surface area contributed by atoms with Gasteiger partial charge < -0.3 is 4.74 Å². The molecule has 1 heterocycles. The van der Waals surface area contributed by atoms with Gasteiger partial charge in [-0.25, -0.2) is 17.6 Å². The number of sulfonamides is 1. The van der Waals surface area contributed by atoms with E-state index in [1.54, 1.807) is 20.8 Å². The summed E-state index contributed by atoms with van der Waals surface area (Å²) in [7, 11) is -2.58. The average Bonchev–Trinajstić information content (AvgIpc) is 2.76. The molecule has 13 heteroatoms. The van der Waals surface area contributed by atoms with Crippen LogP contribution in [0.25, 0.3) is 0 Å². The van der Waals surface area contributed by atoms with Crippen LogP contribution in [0.3, 0.4) is 0 Å². The second-order valence-corrected chi connectivity index (χ2v) is 11.3. The van der Waals surface area contributed by atoms with Crippen LogP contribution in [0.4, 0.5) is 33.7 Å². The van der Waals surface area contributed by atoms with Gasteiger partial charge in [-0.2, -0.15) is 13.2 Å². The number of hydrogen-bond acceptors (Lipinski definition) is 5. The maximum absolute atomic E-state index is 15.8. The Hall–Kier alpha value is -3.79. The van der Waals surface area contributed by atoms with Gasteiger partial charge in [-0.15, -0.1) is 0 Å². The fraction of sp³-hybridized carbons (Fsp3) is 0.360. The third-order valence-corrected chi connectivity index (χ3v) is 6.11. The van der Waals surface area contributed by atoms with Crippen molar-refractivity contribution in [1.82, 2.24) is 5.32 Å². The number of imide groups is 1. The molecule has 0 radical (unpaired) electrons. The molecular formula is C25H25F4N3O5S. The first-order valence-corrected chi connectivity index (χ1v) is 13.0. The summed E-state index contributed by atoms with van der Waals surface area (Å²) in [5, 5.41) is 2.10. The Kier molecular flexibility index (Phi) is 7.70. The number of ether oxygens (including phenoxy) is 1. The largest absolute Gasteiger partial charge is 0.495 e. The molecule has 1 saturated heterocycles. The molecule has 2 N–H and O–H groups in total. The first-order chi connectivity index (χ1) is 17.4. The van der Waals surface area contributed by atoms with Crippen LogP contribution in [0.1, 0.15) is 49.4 Å². The molecule has 1 aliphatic heterocycles. The van der Waals surface area contributed by atoms with Crippen molar-refractivity contribution in [3.63, 3.8) is 0 Å². The molecule has 0 bridgehead atoms. The van der Waals surface area contributed by atoms with Gasteiger partial charge in [0.05, 0.1) is 24.6 Å². The zero-order chi connectivity index (χ0) is 28.6. The highest BCUT2D eigenvalue weighted by Crippen LogP contribution is 2.40. The van der Waals surface area contributed by atoms with Crippen molar-refractivity contribution in [2.24, 2.45) is 0 Å². The lowest BCUT2D eigenvalue weighted by Crippen LogP contribution is -2.50. The number of alkyl halides is 3. The number of benzene rings is 2. The quantitative estimate of drug-likeness (QED) is 0.431. The lowest BCUT2D eigenvalue weighted by atomic mass is 9.84. The molecule has 38 heavy (non-hydrogen) atoms. The SMILES string of the molecule is COc1c(C(C)(C)C)cc(N2CCC(=O)NC2=O)c(F)c1C#Cc1ccc(NS(C)(=O)=O)cc1C(F)(F)F. The number of urea groups is 1. The highest BCUT2D eigenvalue weighted by Gasteiger charge is 2.34. The second kappa shape index (κ2) is 10.2. The summed E-state index contributed by atoms with van der Waals surface area (Å²) in [5.41, 5.74) is -2.94. The maximum Gasteiger partial charge on any atom is 0.417 e. The Morgan fingerprint density at radius 1 is 1.08 bits per heavy atom. The topological polar surface area (TPSA) is 105 Å². The number of carbonyl (C=O) groups is 2. The van der Waals surface area contributed by atoms with Gasteiger partial charge >= 0.3 is 12.2 Å². The summed E-state index contributed by atoms with van der Waals surface area (Å²) < 4.78 is 87.5. The number of halogens is 4. The van der Waals surface area contributed by atoms with Gasteiger partial charge in [0, 0.05) is 29.8 Å². The van der Waals surface area contributed by atoms with Crippen molar-refractivity contribution < 1.29 is 40.3 Å². The van der Waals surface area contributed by atoms with Crippen molar-refractivity contribution in [3.05, 3.63) is 52.3 Å². The monoisotopic (exact) mass is 555 g/mol. The lowest BCUT2D eigenvalue weighted by molar-refractivity contribution is -0.137. The van der Waals surface area contributed by atoms with Crippen molar-refractivity contribution in [2.45, 2.75) is 38.8 Å². The molecule has 3 amide bonds. The van der Waals surface area contributed by atoms with E-state index in [1.807, 2.05) is 4.72 Å². The van der Waals surface area contributed by atoms with E-state index in [0.717, 1.165) is 23.3 Å². The molecule has 0 aliphatic carbocycles. The van der Waals surface area contributed by atoms with Gasteiger partial charge in [-0.1, -0.05) is 32.6 Å². The first kappa shape index (κ1) is 28.8. The molecule has 3 rings (SSSR count). The van der Waals surface area contributed by atoms with E-state index < -0.39 is 50.5 Å². The van der Waals surface area contributed by atoms with E-state index in [9.17, 15) is 31.2 Å². The van der Waals surface area contributed by atoms with E-state index in [0.29, 0.717) is 11.6 Å². The third kappa shape index (κ3) is 6.36. The Morgan fingerprint density at radius 3 is 2.26 bits per heavy atom. The van der Waals surface area contributed by atoms with Crippen LogP contribution in [-0.2, 0) is 26.4 Å². The first-order valence-electron chi connectivity index (χ1n) is 11.2. The van der Waals surface area contributed by atoms with Crippen LogP contribution < -0.4 is 19.7 Å². The minimum Gasteiger partial charge on any atom is -0.495 e. The smallest absolute Gasteiger partial charge is 0.417 e. The summed E-state index contributed by atoms with van der Waals surface area (Å²) in [6.45, 7) is 5.26. The molecular weight excluding hydrogens is 530 g/mol. The van der Waals surface area contributed by atoms with E-state index in [4.69, 9.17) is 4.74 Å². The third-order valence-electron chi connectivity index (χ3n) is 5.50. The van der Waals surface area contributed by atoms with Crippen LogP contribution in [0.2, 0.25) is 0 Å². The lowest BCUT2D eigenvalue weighted by Gasteiger charge is -2.30. The van der Waals surface area contributed by atoms with Gasteiger partial charge in [0.2, 0.25) is 15.9 Å². The van der Waals surface area contributed by atoms with Gasteiger partial charge in [0.15, 0.2) is 5.82 Å². The van der Waals surface area contributed by atoms with Crippen LogP contribution in [0.5, 0.6) is 5.75 Å². The zero-order valence-electron chi connectivity index (χ0n) is 21.1. The number of anilines is 2. The van der Waals surface area contributed by atoms with Crippen LogP contribution in [0.15, 0.2) is 24.3 Å². The average molecular weight is 556 g/mol. The Morgan fingerprint density at radius 2 is 1.74 bits per heavy atom. The normalized spacial score (nSPS) is 14.5. The van der Waals surface area contributed by atoms with E-state index in [-0.39, 0.29) is 35.7 Å². The molecule has 1 fully saturated rings. The van der Waals surface area contributed by atoms with Crippen molar-refractivity contribution >= 4 is 33.3 Å².